The van der Waals surface area contributed by atoms with E-state index >= 15 is 0 Å². The zero-order chi connectivity index (χ0) is 14.6. The number of fused-ring (bicyclic) bond motifs is 3. The predicted octanol–water partition coefficient (Wildman–Crippen LogP) is 0.487. The molecule has 0 unspecified atom stereocenters. The van der Waals surface area contributed by atoms with Crippen LogP contribution < -0.4 is 0 Å². The number of nitrogens with zero attached hydrogens (tertiary/aromatic N) is 1. The summed E-state index contributed by atoms with van der Waals surface area (Å²) in [5.74, 6) is -0.425. The van der Waals surface area contributed by atoms with Crippen molar-refractivity contribution in [2.45, 2.75) is 55.9 Å². The fourth-order valence-electron chi connectivity index (χ4n) is 4.97. The summed E-state index contributed by atoms with van der Waals surface area (Å²) in [6.45, 7) is 1.17. The third kappa shape index (κ3) is 1.82. The first-order valence-corrected chi connectivity index (χ1v) is 7.76. The number of ketones is 1. The Kier molecular flexibility index (Phi) is 3.10. The zero-order valence-electron chi connectivity index (χ0n) is 12.2. The van der Waals surface area contributed by atoms with E-state index in [1.165, 1.54) is 0 Å². The Morgan fingerprint density at radius 2 is 2.24 bits per heavy atom. The van der Waals surface area contributed by atoms with E-state index in [9.17, 15) is 9.59 Å². The summed E-state index contributed by atoms with van der Waals surface area (Å²) in [5.41, 5.74) is -0.749. The minimum absolute atomic E-state index is 0.161. The molecule has 0 amide bonds. The number of esters is 1. The van der Waals surface area contributed by atoms with Crippen LogP contribution in [0.3, 0.4) is 0 Å². The van der Waals surface area contributed by atoms with Gasteiger partial charge in [-0.1, -0.05) is 0 Å². The second-order valence-electron chi connectivity index (χ2n) is 6.66. The minimum Gasteiger partial charge on any atom is -0.455 e. The van der Waals surface area contributed by atoms with Gasteiger partial charge in [0, 0.05) is 32.0 Å². The highest BCUT2D eigenvalue weighted by molar-refractivity contribution is 5.91. The Morgan fingerprint density at radius 3 is 3.05 bits per heavy atom. The van der Waals surface area contributed by atoms with Gasteiger partial charge in [0.25, 0.3) is 0 Å². The number of carbonyl (C=O) groups excluding carboxylic acids is 2. The molecule has 2 bridgehead atoms. The molecule has 4 aliphatic rings. The highest BCUT2D eigenvalue weighted by Gasteiger charge is 2.67. The Labute approximate surface area is 123 Å². The molecule has 116 valence electrons. The fourth-order valence-corrected chi connectivity index (χ4v) is 4.97. The van der Waals surface area contributed by atoms with Gasteiger partial charge in [0.05, 0.1) is 12.3 Å². The van der Waals surface area contributed by atoms with Gasteiger partial charge < -0.3 is 14.2 Å². The summed E-state index contributed by atoms with van der Waals surface area (Å²) < 4.78 is 16.7. The SMILES string of the molecule is COCO[C@@H]1[C@H]2CCCN2[C@H]2CC(=O)[C@@H]3CC(=O)O[C@]13C2. The summed E-state index contributed by atoms with van der Waals surface area (Å²) >= 11 is 0. The molecule has 3 aliphatic heterocycles. The fraction of sp³-hybridized carbons (Fsp3) is 0.867. The van der Waals surface area contributed by atoms with Crippen molar-refractivity contribution >= 4 is 11.8 Å². The summed E-state index contributed by atoms with van der Waals surface area (Å²) in [6, 6.07) is 0.440. The van der Waals surface area contributed by atoms with Crippen molar-refractivity contribution in [2.75, 3.05) is 20.4 Å². The summed E-state index contributed by atoms with van der Waals surface area (Å²) in [6.07, 6.45) is 3.38. The zero-order valence-corrected chi connectivity index (χ0v) is 12.2. The second-order valence-corrected chi connectivity index (χ2v) is 6.66. The lowest BCUT2D eigenvalue weighted by Crippen LogP contribution is -2.69. The van der Waals surface area contributed by atoms with Gasteiger partial charge in [-0.3, -0.25) is 14.5 Å². The van der Waals surface area contributed by atoms with Crippen molar-refractivity contribution in [3.8, 4) is 0 Å². The van der Waals surface area contributed by atoms with E-state index in [2.05, 4.69) is 4.90 Å². The quantitative estimate of drug-likeness (QED) is 0.557. The van der Waals surface area contributed by atoms with Crippen molar-refractivity contribution < 1.29 is 23.8 Å². The number of rotatable bonds is 3. The van der Waals surface area contributed by atoms with Crippen LogP contribution in [0.15, 0.2) is 0 Å². The summed E-state index contributed by atoms with van der Waals surface area (Å²) in [5, 5.41) is 0. The van der Waals surface area contributed by atoms with Gasteiger partial charge in [0.1, 0.15) is 18.7 Å². The average molecular weight is 295 g/mol. The van der Waals surface area contributed by atoms with E-state index in [1.807, 2.05) is 0 Å². The molecule has 6 heteroatoms. The van der Waals surface area contributed by atoms with E-state index in [0.29, 0.717) is 6.42 Å². The molecule has 3 heterocycles. The smallest absolute Gasteiger partial charge is 0.307 e. The molecule has 1 spiro atoms. The highest BCUT2D eigenvalue weighted by Crippen LogP contribution is 2.53. The van der Waals surface area contributed by atoms with Gasteiger partial charge in [-0.25, -0.2) is 0 Å². The van der Waals surface area contributed by atoms with Gasteiger partial charge >= 0.3 is 5.97 Å². The van der Waals surface area contributed by atoms with Crippen molar-refractivity contribution in [3.63, 3.8) is 0 Å². The maximum absolute atomic E-state index is 12.5. The number of hydrogen-bond donors (Lipinski definition) is 0. The molecule has 5 atom stereocenters. The number of carbonyl (C=O) groups is 2. The number of Topliss-reactive ketones (excluding diaryl/α,β-unsaturated/α-hetero) is 1. The van der Waals surface area contributed by atoms with E-state index in [0.717, 1.165) is 25.8 Å². The monoisotopic (exact) mass is 295 g/mol. The van der Waals surface area contributed by atoms with Gasteiger partial charge in [-0.15, -0.1) is 0 Å². The van der Waals surface area contributed by atoms with Crippen molar-refractivity contribution in [1.82, 2.24) is 4.90 Å². The Hall–Kier alpha value is -0.980. The first-order chi connectivity index (χ1) is 10.2. The van der Waals surface area contributed by atoms with Crippen LogP contribution in [0, 0.1) is 5.92 Å². The molecule has 6 nitrogen and oxygen atoms in total. The van der Waals surface area contributed by atoms with Crippen LogP contribution in [0.5, 0.6) is 0 Å². The summed E-state index contributed by atoms with van der Waals surface area (Å²) in [4.78, 5) is 26.8. The molecule has 4 fully saturated rings. The standard InChI is InChI=1S/C15H21NO5/c1-19-8-20-14-11-3-2-4-16(11)9-5-12(17)10-6-13(18)21-15(10,14)7-9/h9-11,14H,2-8H2,1H3/t9-,10-,11+,14+,15-/m0/s1. The highest BCUT2D eigenvalue weighted by atomic mass is 16.7. The third-order valence-electron chi connectivity index (χ3n) is 5.65. The van der Waals surface area contributed by atoms with E-state index < -0.39 is 5.60 Å². The van der Waals surface area contributed by atoms with Gasteiger partial charge in [-0.05, 0) is 19.4 Å². The third-order valence-corrected chi connectivity index (χ3v) is 5.65. The molecular weight excluding hydrogens is 274 g/mol. The number of hydrogen-bond acceptors (Lipinski definition) is 6. The second kappa shape index (κ2) is 4.76. The van der Waals surface area contributed by atoms with Crippen molar-refractivity contribution in [1.29, 1.82) is 0 Å². The average Bonchev–Trinajstić information content (AvgIpc) is 3.04. The lowest BCUT2D eigenvalue weighted by atomic mass is 9.65. The van der Waals surface area contributed by atoms with Crippen LogP contribution >= 0.6 is 0 Å². The van der Waals surface area contributed by atoms with E-state index in [-0.39, 0.29) is 49.1 Å². The normalized spacial score (nSPS) is 45.4. The Morgan fingerprint density at radius 1 is 1.38 bits per heavy atom. The molecular formula is C15H21NO5. The molecule has 0 aromatic heterocycles. The minimum atomic E-state index is -0.749. The molecule has 0 N–H and O–H groups in total. The van der Waals surface area contributed by atoms with Crippen LogP contribution in [-0.4, -0.2) is 60.9 Å². The largest absolute Gasteiger partial charge is 0.455 e. The first kappa shape index (κ1) is 13.7. The predicted molar refractivity (Wildman–Crippen MR) is 71.4 cm³/mol. The maximum atomic E-state index is 12.5. The first-order valence-electron chi connectivity index (χ1n) is 7.76. The molecule has 3 saturated heterocycles. The molecule has 21 heavy (non-hydrogen) atoms. The van der Waals surface area contributed by atoms with Crippen LogP contribution in [0.25, 0.3) is 0 Å². The van der Waals surface area contributed by atoms with Gasteiger partial charge in [-0.2, -0.15) is 0 Å². The van der Waals surface area contributed by atoms with E-state index in [4.69, 9.17) is 14.2 Å². The Bertz CT molecular complexity index is 481. The van der Waals surface area contributed by atoms with Crippen molar-refractivity contribution in [3.05, 3.63) is 0 Å². The molecule has 1 saturated carbocycles. The Balaban J connectivity index is 1.74. The van der Waals surface area contributed by atoms with Crippen LogP contribution in [0.1, 0.15) is 32.1 Å². The van der Waals surface area contributed by atoms with E-state index in [1.54, 1.807) is 7.11 Å². The number of piperidine rings is 1. The lowest BCUT2D eigenvalue weighted by molar-refractivity contribution is -0.228. The maximum Gasteiger partial charge on any atom is 0.307 e. The molecule has 0 aromatic rings. The van der Waals surface area contributed by atoms with Crippen molar-refractivity contribution in [2.24, 2.45) is 5.92 Å². The van der Waals surface area contributed by atoms with Gasteiger partial charge in [0.15, 0.2) is 5.60 Å². The molecule has 0 aromatic carbocycles. The summed E-state index contributed by atoms with van der Waals surface area (Å²) in [7, 11) is 1.58. The lowest BCUT2D eigenvalue weighted by Gasteiger charge is -2.55. The molecule has 0 radical (unpaired) electrons. The molecule has 4 rings (SSSR count). The van der Waals surface area contributed by atoms with Crippen LogP contribution in [-0.2, 0) is 23.8 Å². The number of methoxy groups -OCH3 is 1. The van der Waals surface area contributed by atoms with Crippen LogP contribution in [0.2, 0.25) is 0 Å². The molecule has 1 aliphatic carbocycles. The van der Waals surface area contributed by atoms with Crippen LogP contribution in [0.4, 0.5) is 0 Å². The van der Waals surface area contributed by atoms with Gasteiger partial charge in [0.2, 0.25) is 0 Å². The topological polar surface area (TPSA) is 65.1 Å². The number of ether oxygens (including phenoxy) is 3.